The van der Waals surface area contributed by atoms with E-state index < -0.39 is 5.97 Å². The second kappa shape index (κ2) is 12.0. The molecule has 0 saturated carbocycles. The van der Waals surface area contributed by atoms with Gasteiger partial charge >= 0.3 is 5.97 Å². The molecule has 5 nitrogen and oxygen atoms in total. The average Bonchev–Trinajstić information content (AvgIpc) is 2.91. The molecule has 0 aromatic carbocycles. The van der Waals surface area contributed by atoms with Gasteiger partial charge in [0.25, 0.3) is 0 Å². The Labute approximate surface area is 146 Å². The number of aliphatic imine (C=N–C) groups is 1. The number of aliphatic carboxylic acids is 1. The Balaban J connectivity index is 2.20. The smallest absolute Gasteiger partial charge is 0.360 e. The first kappa shape index (κ1) is 20.6. The molecule has 0 radical (unpaired) electrons. The molecule has 136 valence electrons. The van der Waals surface area contributed by atoms with Gasteiger partial charge in [-0.1, -0.05) is 44.3 Å². The minimum absolute atomic E-state index is 0.0404. The van der Waals surface area contributed by atoms with Crippen molar-refractivity contribution in [3.63, 3.8) is 0 Å². The summed E-state index contributed by atoms with van der Waals surface area (Å²) in [6, 6.07) is 0. The van der Waals surface area contributed by atoms with E-state index in [0.29, 0.717) is 17.6 Å². The van der Waals surface area contributed by atoms with Crippen LogP contribution in [0.4, 0.5) is 0 Å². The van der Waals surface area contributed by atoms with Crippen LogP contribution in [-0.2, 0) is 4.79 Å². The molecule has 1 aliphatic rings. The molecule has 0 saturated heterocycles. The average molecular weight is 337 g/mol. The summed E-state index contributed by atoms with van der Waals surface area (Å²) in [7, 11) is 0. The maximum Gasteiger partial charge on any atom is 0.360 e. The molecule has 0 amide bonds. The highest BCUT2D eigenvalue weighted by molar-refractivity contribution is 5.81. The van der Waals surface area contributed by atoms with Crippen molar-refractivity contribution in [2.45, 2.75) is 64.7 Å². The van der Waals surface area contributed by atoms with Crippen molar-refractivity contribution in [3.8, 4) is 0 Å². The number of hydrogen-bond donors (Lipinski definition) is 2. The van der Waals surface area contributed by atoms with Gasteiger partial charge in [-0.3, -0.25) is 0 Å². The van der Waals surface area contributed by atoms with Gasteiger partial charge in [0.1, 0.15) is 12.7 Å². The molecule has 1 aliphatic heterocycles. The Morgan fingerprint density at radius 2 is 1.88 bits per heavy atom. The quantitative estimate of drug-likeness (QED) is 0.288. The van der Waals surface area contributed by atoms with E-state index in [1.807, 2.05) is 6.20 Å². The van der Waals surface area contributed by atoms with Gasteiger partial charge in [-0.25, -0.2) is 14.3 Å². The van der Waals surface area contributed by atoms with Crippen LogP contribution in [0.3, 0.4) is 0 Å². The van der Waals surface area contributed by atoms with Crippen LogP contribution < -0.4 is 5.73 Å². The zero-order chi connectivity index (χ0) is 17.7. The second-order valence-corrected chi connectivity index (χ2v) is 6.52. The lowest BCUT2D eigenvalue weighted by Gasteiger charge is -2.30. The summed E-state index contributed by atoms with van der Waals surface area (Å²) < 4.78 is 0.302. The minimum Gasteiger partial charge on any atom is -0.477 e. The van der Waals surface area contributed by atoms with Crippen molar-refractivity contribution in [3.05, 3.63) is 24.6 Å². The third-order valence-corrected chi connectivity index (χ3v) is 4.54. The SMILES string of the molecule is C/C=C/CCCCCCCCCC1=NC=C[N+]1(CCN)CC(=O)O. The molecular formula is C19H34N3O2+. The van der Waals surface area contributed by atoms with Gasteiger partial charge in [0, 0.05) is 13.0 Å². The predicted molar refractivity (Wildman–Crippen MR) is 99.6 cm³/mol. The third-order valence-electron chi connectivity index (χ3n) is 4.54. The van der Waals surface area contributed by atoms with Crippen LogP contribution in [0.5, 0.6) is 0 Å². The molecule has 1 heterocycles. The largest absolute Gasteiger partial charge is 0.477 e. The van der Waals surface area contributed by atoms with Gasteiger partial charge in [-0.05, 0) is 26.2 Å². The number of amidine groups is 1. The highest BCUT2D eigenvalue weighted by atomic mass is 16.4. The fourth-order valence-electron chi connectivity index (χ4n) is 3.23. The van der Waals surface area contributed by atoms with Gasteiger partial charge in [0.2, 0.25) is 5.84 Å². The Kier molecular flexibility index (Phi) is 10.3. The number of rotatable bonds is 14. The number of carboxylic acids is 1. The summed E-state index contributed by atoms with van der Waals surface area (Å²) in [5.74, 6) is 0.148. The summed E-state index contributed by atoms with van der Waals surface area (Å²) in [6.45, 7) is 3.18. The Hall–Kier alpha value is -1.46. The second-order valence-electron chi connectivity index (χ2n) is 6.52. The maximum absolute atomic E-state index is 11.2. The van der Waals surface area contributed by atoms with Crippen molar-refractivity contribution in [2.24, 2.45) is 10.7 Å². The van der Waals surface area contributed by atoms with Crippen molar-refractivity contribution in [2.75, 3.05) is 19.6 Å². The van der Waals surface area contributed by atoms with Gasteiger partial charge < -0.3 is 10.8 Å². The van der Waals surface area contributed by atoms with E-state index in [9.17, 15) is 9.90 Å². The standard InChI is InChI=1S/C19H33N3O2/c1-2-3-4-5-6-7-8-9-10-11-12-18-21-14-16-22(18,15-13-20)17-19(23)24/h2-3,14,16H,4-13,15,17,20H2,1H3/p+1/b3-2+. The number of hydrogen-bond acceptors (Lipinski definition) is 3. The van der Waals surface area contributed by atoms with Crippen molar-refractivity contribution in [1.29, 1.82) is 0 Å². The number of nitrogens with two attached hydrogens (primary N) is 1. The summed E-state index contributed by atoms with van der Waals surface area (Å²) in [5, 5.41) is 9.18. The van der Waals surface area contributed by atoms with E-state index in [1.165, 1.54) is 44.9 Å². The lowest BCUT2D eigenvalue weighted by molar-refractivity contribution is -0.778. The number of carboxylic acid groups (broad SMARTS) is 1. The van der Waals surface area contributed by atoms with Crippen molar-refractivity contribution in [1.82, 2.24) is 0 Å². The highest BCUT2D eigenvalue weighted by Gasteiger charge is 2.36. The molecule has 0 spiro atoms. The molecule has 1 atom stereocenters. The zero-order valence-electron chi connectivity index (χ0n) is 15.1. The van der Waals surface area contributed by atoms with Crippen molar-refractivity contribution < 1.29 is 14.4 Å². The van der Waals surface area contributed by atoms with E-state index in [-0.39, 0.29) is 6.54 Å². The maximum atomic E-state index is 11.2. The number of allylic oxidation sites excluding steroid dienone is 2. The van der Waals surface area contributed by atoms with Crippen LogP contribution in [0.1, 0.15) is 64.7 Å². The molecule has 0 aromatic heterocycles. The van der Waals surface area contributed by atoms with E-state index in [4.69, 9.17) is 5.73 Å². The predicted octanol–water partition coefficient (Wildman–Crippen LogP) is 3.82. The topological polar surface area (TPSA) is 75.7 Å². The summed E-state index contributed by atoms with van der Waals surface area (Å²) in [4.78, 5) is 15.6. The number of carbonyl (C=O) groups is 1. The van der Waals surface area contributed by atoms with Crippen LogP contribution in [0.2, 0.25) is 0 Å². The number of nitrogens with zero attached hydrogens (tertiary/aromatic N) is 2. The Morgan fingerprint density at radius 3 is 2.50 bits per heavy atom. The number of quaternary nitrogens is 1. The van der Waals surface area contributed by atoms with Gasteiger partial charge in [-0.2, -0.15) is 0 Å². The van der Waals surface area contributed by atoms with Crippen LogP contribution >= 0.6 is 0 Å². The molecule has 0 aliphatic carbocycles. The fraction of sp³-hybridized carbons (Fsp3) is 0.684. The van der Waals surface area contributed by atoms with E-state index in [2.05, 4.69) is 24.1 Å². The molecule has 5 heteroatoms. The molecule has 0 aromatic rings. The van der Waals surface area contributed by atoms with E-state index >= 15 is 0 Å². The lowest BCUT2D eigenvalue weighted by atomic mass is 10.1. The van der Waals surface area contributed by atoms with Crippen molar-refractivity contribution >= 4 is 11.8 Å². The zero-order valence-corrected chi connectivity index (χ0v) is 15.1. The van der Waals surface area contributed by atoms with Crippen LogP contribution in [0, 0.1) is 0 Å². The Morgan fingerprint density at radius 1 is 1.21 bits per heavy atom. The molecule has 0 fully saturated rings. The molecule has 1 rings (SSSR count). The van der Waals surface area contributed by atoms with Gasteiger partial charge in [-0.15, -0.1) is 0 Å². The first-order valence-electron chi connectivity index (χ1n) is 9.29. The van der Waals surface area contributed by atoms with Gasteiger partial charge in [0.15, 0.2) is 6.54 Å². The van der Waals surface area contributed by atoms with Crippen LogP contribution in [0.25, 0.3) is 0 Å². The van der Waals surface area contributed by atoms with Crippen LogP contribution in [-0.4, -0.2) is 41.0 Å². The van der Waals surface area contributed by atoms with E-state index in [1.54, 1.807) is 6.20 Å². The van der Waals surface area contributed by atoms with Gasteiger partial charge in [0.05, 0.1) is 6.20 Å². The normalized spacial score (nSPS) is 20.0. The summed E-state index contributed by atoms with van der Waals surface area (Å²) in [6.07, 6.45) is 18.7. The molecule has 0 bridgehead atoms. The third kappa shape index (κ3) is 7.41. The van der Waals surface area contributed by atoms with Crippen LogP contribution in [0.15, 0.2) is 29.5 Å². The molecule has 24 heavy (non-hydrogen) atoms. The molecule has 3 N–H and O–H groups in total. The molecule has 1 unspecified atom stereocenters. The fourth-order valence-corrected chi connectivity index (χ4v) is 3.23. The molecular weight excluding hydrogens is 302 g/mol. The lowest BCUT2D eigenvalue weighted by Crippen LogP contribution is -2.52. The highest BCUT2D eigenvalue weighted by Crippen LogP contribution is 2.21. The number of unbranched alkanes of at least 4 members (excludes halogenated alkanes) is 7. The summed E-state index contributed by atoms with van der Waals surface area (Å²) >= 11 is 0. The monoisotopic (exact) mass is 336 g/mol. The van der Waals surface area contributed by atoms with E-state index in [0.717, 1.165) is 18.7 Å². The summed E-state index contributed by atoms with van der Waals surface area (Å²) in [5.41, 5.74) is 5.68. The first-order valence-corrected chi connectivity index (χ1v) is 9.29. The minimum atomic E-state index is -0.805. The Bertz CT molecular complexity index is 458. The first-order chi connectivity index (χ1) is 11.6.